The molecule has 76 valence electrons. The molecule has 0 aromatic rings. The highest BCUT2D eigenvalue weighted by Crippen LogP contribution is 1.97. The van der Waals surface area contributed by atoms with E-state index in [1.807, 2.05) is 0 Å². The number of carbonyl (C=O) groups excluding carboxylic acids is 2. The lowest BCUT2D eigenvalue weighted by Gasteiger charge is -2.17. The first-order valence-electron chi connectivity index (χ1n) is 4.15. The van der Waals surface area contributed by atoms with Gasteiger partial charge in [-0.05, 0) is 5.92 Å². The third kappa shape index (κ3) is 4.00. The number of carbonyl (C=O) groups is 2. The maximum atomic E-state index is 11.2. The summed E-state index contributed by atoms with van der Waals surface area (Å²) in [5, 5.41) is 10.9. The molecule has 0 saturated heterocycles. The minimum atomic E-state index is -0.850. The third-order valence-corrected chi connectivity index (χ3v) is 1.71. The van der Waals surface area contributed by atoms with Crippen LogP contribution in [0.5, 0.6) is 0 Å². The fraction of sp³-hybridized carbons (Fsp3) is 0.750. The van der Waals surface area contributed by atoms with Crippen LogP contribution in [0.3, 0.4) is 0 Å². The summed E-state index contributed by atoms with van der Waals surface area (Å²) in [6.07, 6.45) is 0.477. The minimum absolute atomic E-state index is 0.00555. The van der Waals surface area contributed by atoms with Crippen LogP contribution < -0.4 is 11.1 Å². The summed E-state index contributed by atoms with van der Waals surface area (Å²) >= 11 is 0. The first kappa shape index (κ1) is 12.1. The second-order valence-electron chi connectivity index (χ2n) is 3.20. The molecule has 5 heteroatoms. The van der Waals surface area contributed by atoms with Gasteiger partial charge in [0.1, 0.15) is 12.3 Å². The second kappa shape index (κ2) is 5.66. The van der Waals surface area contributed by atoms with Crippen molar-refractivity contribution in [2.45, 2.75) is 25.9 Å². The van der Waals surface area contributed by atoms with Gasteiger partial charge in [0.05, 0.1) is 12.6 Å². The Hall–Kier alpha value is -0.940. The summed E-state index contributed by atoms with van der Waals surface area (Å²) in [5.41, 5.74) is 5.51. The molecule has 2 atom stereocenters. The van der Waals surface area contributed by atoms with Crippen molar-refractivity contribution in [1.29, 1.82) is 0 Å². The van der Waals surface area contributed by atoms with Crippen LogP contribution in [0.1, 0.15) is 13.8 Å². The molecule has 0 rings (SSSR count). The molecule has 0 fully saturated rings. The normalized spacial score (nSPS) is 15.2. The lowest BCUT2D eigenvalue weighted by Crippen LogP contribution is -2.49. The fourth-order valence-electron chi connectivity index (χ4n) is 0.704. The van der Waals surface area contributed by atoms with E-state index in [1.165, 1.54) is 0 Å². The van der Waals surface area contributed by atoms with Gasteiger partial charge in [0.15, 0.2) is 0 Å². The first-order valence-corrected chi connectivity index (χ1v) is 4.15. The molecule has 0 heterocycles. The number of nitrogens with two attached hydrogens (primary N) is 1. The maximum absolute atomic E-state index is 11.2. The highest BCUT2D eigenvalue weighted by molar-refractivity contribution is 5.84. The van der Waals surface area contributed by atoms with Gasteiger partial charge >= 0.3 is 0 Å². The molecule has 0 spiro atoms. The zero-order chi connectivity index (χ0) is 10.4. The topological polar surface area (TPSA) is 92.4 Å². The monoisotopic (exact) mass is 188 g/mol. The van der Waals surface area contributed by atoms with Crippen molar-refractivity contribution < 1.29 is 14.7 Å². The van der Waals surface area contributed by atoms with Gasteiger partial charge in [-0.3, -0.25) is 4.79 Å². The average Bonchev–Trinajstić information content (AvgIpc) is 2.12. The number of amides is 1. The molecule has 0 saturated carbocycles. The van der Waals surface area contributed by atoms with Crippen molar-refractivity contribution in [2.75, 3.05) is 6.61 Å². The molecule has 0 unspecified atom stereocenters. The van der Waals surface area contributed by atoms with E-state index in [0.29, 0.717) is 6.29 Å². The molecule has 0 aliphatic carbocycles. The smallest absolute Gasteiger partial charge is 0.237 e. The molecule has 0 bridgehead atoms. The highest BCUT2D eigenvalue weighted by Gasteiger charge is 2.19. The summed E-state index contributed by atoms with van der Waals surface area (Å²) in [4.78, 5) is 21.5. The number of rotatable bonds is 5. The van der Waals surface area contributed by atoms with Crippen LogP contribution in [0.25, 0.3) is 0 Å². The summed E-state index contributed by atoms with van der Waals surface area (Å²) in [6.45, 7) is 3.21. The van der Waals surface area contributed by atoms with E-state index in [4.69, 9.17) is 10.8 Å². The number of aldehydes is 1. The van der Waals surface area contributed by atoms with E-state index in [0.717, 1.165) is 0 Å². The number of nitrogens with one attached hydrogen (secondary N) is 1. The average molecular weight is 188 g/mol. The summed E-state index contributed by atoms with van der Waals surface area (Å²) in [5.74, 6) is -0.410. The van der Waals surface area contributed by atoms with Crippen LogP contribution in [-0.4, -0.2) is 36.0 Å². The van der Waals surface area contributed by atoms with E-state index >= 15 is 0 Å². The predicted octanol–water partition coefficient (Wildman–Crippen LogP) is -1.35. The van der Waals surface area contributed by atoms with Gasteiger partial charge in [0, 0.05) is 0 Å². The van der Waals surface area contributed by atoms with Gasteiger partial charge < -0.3 is 21.0 Å². The van der Waals surface area contributed by atoms with Crippen molar-refractivity contribution in [3.8, 4) is 0 Å². The van der Waals surface area contributed by atoms with Crippen LogP contribution in [-0.2, 0) is 9.59 Å². The Bertz CT molecular complexity index is 182. The molecule has 0 aliphatic rings. The SMILES string of the molecule is CC(C)[C@H](N)C(=O)N[C@H](C=O)CO. The Morgan fingerprint density at radius 1 is 1.62 bits per heavy atom. The van der Waals surface area contributed by atoms with Crippen molar-refractivity contribution in [2.24, 2.45) is 11.7 Å². The number of hydrogen-bond acceptors (Lipinski definition) is 4. The second-order valence-corrected chi connectivity index (χ2v) is 3.20. The lowest BCUT2D eigenvalue weighted by molar-refractivity contribution is -0.126. The fourth-order valence-corrected chi connectivity index (χ4v) is 0.704. The van der Waals surface area contributed by atoms with Crippen molar-refractivity contribution in [1.82, 2.24) is 5.32 Å². The predicted molar refractivity (Wildman–Crippen MR) is 47.9 cm³/mol. The van der Waals surface area contributed by atoms with E-state index in [1.54, 1.807) is 13.8 Å². The van der Waals surface area contributed by atoms with Gasteiger partial charge in [-0.15, -0.1) is 0 Å². The molecule has 0 aromatic carbocycles. The van der Waals surface area contributed by atoms with Gasteiger partial charge in [0.2, 0.25) is 5.91 Å². The first-order chi connectivity index (χ1) is 6.02. The third-order valence-electron chi connectivity index (χ3n) is 1.71. The van der Waals surface area contributed by atoms with Gasteiger partial charge in [-0.25, -0.2) is 0 Å². The van der Waals surface area contributed by atoms with Gasteiger partial charge in [0.25, 0.3) is 0 Å². The number of aliphatic hydroxyl groups excluding tert-OH is 1. The van der Waals surface area contributed by atoms with Crippen LogP contribution in [0.2, 0.25) is 0 Å². The molecule has 4 N–H and O–H groups in total. The molecule has 0 aromatic heterocycles. The largest absolute Gasteiger partial charge is 0.394 e. The zero-order valence-corrected chi connectivity index (χ0v) is 7.86. The van der Waals surface area contributed by atoms with Crippen LogP contribution in [0.15, 0.2) is 0 Å². The molecule has 5 nitrogen and oxygen atoms in total. The molecule has 0 radical (unpaired) electrons. The van der Waals surface area contributed by atoms with Crippen molar-refractivity contribution >= 4 is 12.2 Å². The van der Waals surface area contributed by atoms with Gasteiger partial charge in [-0.1, -0.05) is 13.8 Å². The van der Waals surface area contributed by atoms with Crippen molar-refractivity contribution in [3.05, 3.63) is 0 Å². The Morgan fingerprint density at radius 2 is 2.15 bits per heavy atom. The Morgan fingerprint density at radius 3 is 2.46 bits per heavy atom. The molecule has 1 amide bonds. The minimum Gasteiger partial charge on any atom is -0.394 e. The lowest BCUT2D eigenvalue weighted by atomic mass is 10.0. The number of hydrogen-bond donors (Lipinski definition) is 3. The van der Waals surface area contributed by atoms with E-state index in [-0.39, 0.29) is 5.92 Å². The highest BCUT2D eigenvalue weighted by atomic mass is 16.3. The maximum Gasteiger partial charge on any atom is 0.237 e. The van der Waals surface area contributed by atoms with E-state index in [2.05, 4.69) is 5.32 Å². The van der Waals surface area contributed by atoms with Gasteiger partial charge in [-0.2, -0.15) is 0 Å². The zero-order valence-electron chi connectivity index (χ0n) is 7.86. The van der Waals surface area contributed by atoms with E-state index < -0.39 is 24.6 Å². The Balaban J connectivity index is 4.05. The van der Waals surface area contributed by atoms with Crippen LogP contribution in [0.4, 0.5) is 0 Å². The Labute approximate surface area is 77.3 Å². The Kier molecular flexibility index (Phi) is 5.25. The van der Waals surface area contributed by atoms with Crippen LogP contribution in [0, 0.1) is 5.92 Å². The van der Waals surface area contributed by atoms with Crippen LogP contribution >= 0.6 is 0 Å². The quantitative estimate of drug-likeness (QED) is 0.465. The van der Waals surface area contributed by atoms with Crippen molar-refractivity contribution in [3.63, 3.8) is 0 Å². The molecule has 0 aliphatic heterocycles. The van der Waals surface area contributed by atoms with E-state index in [9.17, 15) is 9.59 Å². The summed E-state index contributed by atoms with van der Waals surface area (Å²) < 4.78 is 0. The summed E-state index contributed by atoms with van der Waals surface area (Å²) in [7, 11) is 0. The number of aliphatic hydroxyl groups is 1. The molecular weight excluding hydrogens is 172 g/mol. The summed E-state index contributed by atoms with van der Waals surface area (Å²) in [6, 6.07) is -1.49. The molecule has 13 heavy (non-hydrogen) atoms. The molecular formula is C8H16N2O3. The standard InChI is InChI=1S/C8H16N2O3/c1-5(2)7(9)8(13)10-6(3-11)4-12/h3,5-7,12H,4,9H2,1-2H3,(H,10,13)/t6-,7+/m1/s1.